The van der Waals surface area contributed by atoms with Crippen LogP contribution in [-0.2, 0) is 16.0 Å². The lowest BCUT2D eigenvalue weighted by Crippen LogP contribution is -2.36. The van der Waals surface area contributed by atoms with Crippen molar-refractivity contribution in [3.05, 3.63) is 59.7 Å². The molecule has 2 aromatic rings. The first-order valence-electron chi connectivity index (χ1n) is 8.87. The highest BCUT2D eigenvalue weighted by Gasteiger charge is 2.18. The number of ether oxygens (including phenoxy) is 1. The number of nitrogens with one attached hydrogen (secondary N) is 1. The zero-order chi connectivity index (χ0) is 17.6. The van der Waals surface area contributed by atoms with Gasteiger partial charge in [0.15, 0.2) is 0 Å². The Hall–Kier alpha value is -2.33. The molecule has 25 heavy (non-hydrogen) atoms. The number of benzene rings is 2. The molecule has 1 amide bonds. The van der Waals surface area contributed by atoms with E-state index in [1.165, 1.54) is 11.3 Å². The summed E-state index contributed by atoms with van der Waals surface area (Å²) < 4.78 is 5.42. The minimum Gasteiger partial charge on any atom is -0.381 e. The molecule has 0 bridgehead atoms. The van der Waals surface area contributed by atoms with E-state index in [1.807, 2.05) is 43.3 Å². The molecule has 0 atom stereocenters. The summed E-state index contributed by atoms with van der Waals surface area (Å²) in [5.41, 5.74) is 4.25. The smallest absolute Gasteiger partial charge is 0.228 e. The van der Waals surface area contributed by atoms with Gasteiger partial charge in [-0.1, -0.05) is 29.8 Å². The maximum Gasteiger partial charge on any atom is 0.228 e. The molecule has 0 saturated carbocycles. The fraction of sp³-hybridized carbons (Fsp3) is 0.381. The molecule has 132 valence electrons. The number of anilines is 2. The van der Waals surface area contributed by atoms with Gasteiger partial charge < -0.3 is 15.0 Å². The van der Waals surface area contributed by atoms with E-state index < -0.39 is 0 Å². The summed E-state index contributed by atoms with van der Waals surface area (Å²) in [4.78, 5) is 14.6. The lowest BCUT2D eigenvalue weighted by atomic mass is 10.1. The van der Waals surface area contributed by atoms with Gasteiger partial charge >= 0.3 is 0 Å². The van der Waals surface area contributed by atoms with Crippen molar-refractivity contribution in [2.75, 3.05) is 30.4 Å². The molecule has 0 unspecified atom stereocenters. The number of amides is 1. The Morgan fingerprint density at radius 3 is 2.52 bits per heavy atom. The molecule has 1 heterocycles. The van der Waals surface area contributed by atoms with Crippen molar-refractivity contribution in [1.29, 1.82) is 0 Å². The molecule has 2 aromatic carbocycles. The van der Waals surface area contributed by atoms with Crippen molar-refractivity contribution in [3.8, 4) is 0 Å². The summed E-state index contributed by atoms with van der Waals surface area (Å²) in [5.74, 6) is 0.0132. The lowest BCUT2D eigenvalue weighted by Gasteiger charge is -2.33. The zero-order valence-electron chi connectivity index (χ0n) is 15.0. The fourth-order valence-corrected chi connectivity index (χ4v) is 3.32. The van der Waals surface area contributed by atoms with Crippen molar-refractivity contribution in [3.63, 3.8) is 0 Å². The first kappa shape index (κ1) is 17.5. The maximum atomic E-state index is 12.2. The monoisotopic (exact) mass is 338 g/mol. The van der Waals surface area contributed by atoms with Crippen LogP contribution in [0.25, 0.3) is 0 Å². The Kier molecular flexibility index (Phi) is 5.71. The van der Waals surface area contributed by atoms with Gasteiger partial charge in [0, 0.05) is 31.6 Å². The van der Waals surface area contributed by atoms with E-state index in [9.17, 15) is 4.79 Å². The van der Waals surface area contributed by atoms with E-state index in [0.717, 1.165) is 37.2 Å². The summed E-state index contributed by atoms with van der Waals surface area (Å²) in [6, 6.07) is 16.2. The molecule has 1 aliphatic heterocycles. The van der Waals surface area contributed by atoms with Gasteiger partial charge in [-0.3, -0.25) is 4.79 Å². The second-order valence-corrected chi connectivity index (χ2v) is 6.68. The largest absolute Gasteiger partial charge is 0.381 e. The molecular formula is C21H26N2O2. The molecule has 0 aromatic heterocycles. The molecular weight excluding hydrogens is 312 g/mol. The van der Waals surface area contributed by atoms with Gasteiger partial charge in [-0.25, -0.2) is 0 Å². The number of nitrogens with zero attached hydrogens (tertiary/aromatic N) is 1. The molecule has 1 N–H and O–H groups in total. The van der Waals surface area contributed by atoms with E-state index >= 15 is 0 Å². The molecule has 1 aliphatic rings. The van der Waals surface area contributed by atoms with Gasteiger partial charge in [0.2, 0.25) is 5.91 Å². The van der Waals surface area contributed by atoms with Crippen LogP contribution in [0.15, 0.2) is 48.5 Å². The highest BCUT2D eigenvalue weighted by atomic mass is 16.5. The van der Waals surface area contributed by atoms with Crippen LogP contribution < -0.4 is 10.2 Å². The van der Waals surface area contributed by atoms with Crippen molar-refractivity contribution in [2.45, 2.75) is 32.3 Å². The van der Waals surface area contributed by atoms with E-state index in [0.29, 0.717) is 12.5 Å². The van der Waals surface area contributed by atoms with Crippen LogP contribution in [-0.4, -0.2) is 32.2 Å². The van der Waals surface area contributed by atoms with Crippen molar-refractivity contribution in [2.24, 2.45) is 0 Å². The van der Waals surface area contributed by atoms with E-state index in [4.69, 9.17) is 4.74 Å². The van der Waals surface area contributed by atoms with Crippen LogP contribution >= 0.6 is 0 Å². The van der Waals surface area contributed by atoms with Gasteiger partial charge in [-0.2, -0.15) is 0 Å². The summed E-state index contributed by atoms with van der Waals surface area (Å²) in [5, 5.41) is 2.98. The minimum atomic E-state index is 0.0132. The van der Waals surface area contributed by atoms with Crippen LogP contribution in [0.5, 0.6) is 0 Å². The second-order valence-electron chi connectivity index (χ2n) is 6.68. The van der Waals surface area contributed by atoms with Crippen molar-refractivity contribution >= 4 is 17.3 Å². The Morgan fingerprint density at radius 1 is 1.16 bits per heavy atom. The molecule has 4 nitrogen and oxygen atoms in total. The quantitative estimate of drug-likeness (QED) is 0.902. The van der Waals surface area contributed by atoms with Gasteiger partial charge in [-0.05, 0) is 49.6 Å². The van der Waals surface area contributed by atoms with Gasteiger partial charge in [0.05, 0.1) is 12.5 Å². The number of piperidine rings is 1. The normalized spacial score (nSPS) is 15.2. The topological polar surface area (TPSA) is 41.6 Å². The second kappa shape index (κ2) is 8.17. The third-order valence-electron chi connectivity index (χ3n) is 4.74. The molecule has 3 rings (SSSR count). The summed E-state index contributed by atoms with van der Waals surface area (Å²) in [6.45, 7) is 4.06. The number of rotatable bonds is 5. The molecule has 4 heteroatoms. The predicted octanol–water partition coefficient (Wildman–Crippen LogP) is 3.79. The summed E-state index contributed by atoms with van der Waals surface area (Å²) in [6.07, 6.45) is 2.90. The first-order chi connectivity index (χ1) is 12.1. The Labute approximate surface area is 149 Å². The number of carbonyl (C=O) groups is 1. The number of aryl methyl sites for hydroxylation is 1. The van der Waals surface area contributed by atoms with Gasteiger partial charge in [-0.15, -0.1) is 0 Å². The highest BCUT2D eigenvalue weighted by Crippen LogP contribution is 2.23. The van der Waals surface area contributed by atoms with Crippen molar-refractivity contribution < 1.29 is 9.53 Å². The average molecular weight is 338 g/mol. The number of hydrogen-bond donors (Lipinski definition) is 1. The SMILES string of the molecule is COC1CCN(c2ccc(NC(=O)Cc3cccc(C)c3)cc2)CC1. The fourth-order valence-electron chi connectivity index (χ4n) is 3.32. The van der Waals surface area contributed by atoms with Gasteiger partial charge in [0.1, 0.15) is 0 Å². The summed E-state index contributed by atoms with van der Waals surface area (Å²) in [7, 11) is 1.79. The highest BCUT2D eigenvalue weighted by molar-refractivity contribution is 5.92. The van der Waals surface area contributed by atoms with E-state index in [2.05, 4.69) is 22.3 Å². The van der Waals surface area contributed by atoms with Crippen LogP contribution in [0.4, 0.5) is 11.4 Å². The van der Waals surface area contributed by atoms with Crippen LogP contribution in [0, 0.1) is 6.92 Å². The third kappa shape index (κ3) is 4.83. The standard InChI is InChI=1S/C21H26N2O2/c1-16-4-3-5-17(14-16)15-21(24)22-18-6-8-19(9-7-18)23-12-10-20(25-2)11-13-23/h3-9,14,20H,10-13,15H2,1-2H3,(H,22,24). The van der Waals surface area contributed by atoms with Crippen LogP contribution in [0.1, 0.15) is 24.0 Å². The molecule has 1 fully saturated rings. The number of methoxy groups -OCH3 is 1. The minimum absolute atomic E-state index is 0.0132. The molecule has 0 aliphatic carbocycles. The maximum absolute atomic E-state index is 12.2. The third-order valence-corrected chi connectivity index (χ3v) is 4.74. The molecule has 0 spiro atoms. The molecule has 0 radical (unpaired) electrons. The Balaban J connectivity index is 1.54. The van der Waals surface area contributed by atoms with Crippen LogP contribution in [0.2, 0.25) is 0 Å². The average Bonchev–Trinajstić information content (AvgIpc) is 2.62. The van der Waals surface area contributed by atoms with E-state index in [1.54, 1.807) is 7.11 Å². The number of hydrogen-bond acceptors (Lipinski definition) is 3. The van der Waals surface area contributed by atoms with Crippen molar-refractivity contribution in [1.82, 2.24) is 0 Å². The predicted molar refractivity (Wildman–Crippen MR) is 102 cm³/mol. The van der Waals surface area contributed by atoms with Crippen LogP contribution in [0.3, 0.4) is 0 Å². The number of carbonyl (C=O) groups excluding carboxylic acids is 1. The van der Waals surface area contributed by atoms with Gasteiger partial charge in [0.25, 0.3) is 0 Å². The first-order valence-corrected chi connectivity index (χ1v) is 8.87. The van der Waals surface area contributed by atoms with E-state index in [-0.39, 0.29) is 5.91 Å². The lowest BCUT2D eigenvalue weighted by molar-refractivity contribution is -0.115. The summed E-state index contributed by atoms with van der Waals surface area (Å²) >= 11 is 0. The molecule has 1 saturated heterocycles. The Bertz CT molecular complexity index is 704. The Morgan fingerprint density at radius 2 is 1.88 bits per heavy atom. The zero-order valence-corrected chi connectivity index (χ0v) is 15.0.